The van der Waals surface area contributed by atoms with Gasteiger partial charge in [0.2, 0.25) is 5.78 Å². The molecule has 0 spiro atoms. The van der Waals surface area contributed by atoms with Gasteiger partial charge in [-0.1, -0.05) is 11.6 Å². The van der Waals surface area contributed by atoms with Crippen LogP contribution in [-0.2, 0) is 0 Å². The second-order valence-corrected chi connectivity index (χ2v) is 5.44. The van der Waals surface area contributed by atoms with Crippen molar-refractivity contribution >= 4 is 28.7 Å². The molecule has 0 atom stereocenters. The summed E-state index contributed by atoms with van der Waals surface area (Å²) in [4.78, 5) is 12.3. The van der Waals surface area contributed by atoms with Crippen LogP contribution in [0.5, 0.6) is 5.75 Å². The number of ketones is 1. The summed E-state index contributed by atoms with van der Waals surface area (Å²) in [7, 11) is 0. The highest BCUT2D eigenvalue weighted by Crippen LogP contribution is 2.22. The van der Waals surface area contributed by atoms with Crippen LogP contribution in [0.2, 0.25) is 4.34 Å². The molecule has 5 heteroatoms. The average molecular weight is 285 g/mol. The molecule has 0 amide bonds. The number of carbonyl (C=O) groups excluding carboxylic acids is 1. The second kappa shape index (κ2) is 5.50. The maximum absolute atomic E-state index is 13.0. The number of hydrogen-bond acceptors (Lipinski definition) is 3. The van der Waals surface area contributed by atoms with Gasteiger partial charge in [0.05, 0.1) is 9.21 Å². The van der Waals surface area contributed by atoms with Gasteiger partial charge < -0.3 is 4.74 Å². The highest BCUT2D eigenvalue weighted by molar-refractivity contribution is 7.18. The van der Waals surface area contributed by atoms with Crippen molar-refractivity contribution in [2.45, 2.75) is 6.92 Å². The summed E-state index contributed by atoms with van der Waals surface area (Å²) in [6, 6.07) is 7.70. The minimum Gasteiger partial charge on any atom is -0.485 e. The summed E-state index contributed by atoms with van der Waals surface area (Å²) in [5.41, 5.74) is 0.485. The number of thiophene rings is 1. The standard InChI is InChI=1S/C13H10ClFO2S/c1-8-6-9(2-3-10(8)15)17-7-11(16)12-4-5-13(14)18-12/h2-6H,7H2,1H3. The van der Waals surface area contributed by atoms with Crippen molar-refractivity contribution in [1.82, 2.24) is 0 Å². The van der Waals surface area contributed by atoms with E-state index in [1.54, 1.807) is 25.1 Å². The van der Waals surface area contributed by atoms with Crippen molar-refractivity contribution in [3.63, 3.8) is 0 Å². The SMILES string of the molecule is Cc1cc(OCC(=O)c2ccc(Cl)s2)ccc1F. The van der Waals surface area contributed by atoms with E-state index in [2.05, 4.69) is 0 Å². The average Bonchev–Trinajstić information content (AvgIpc) is 2.77. The van der Waals surface area contributed by atoms with Crippen LogP contribution in [0, 0.1) is 12.7 Å². The number of ether oxygens (including phenoxy) is 1. The van der Waals surface area contributed by atoms with Crippen molar-refractivity contribution in [2.75, 3.05) is 6.61 Å². The van der Waals surface area contributed by atoms with Gasteiger partial charge in [-0.3, -0.25) is 4.79 Å². The molecule has 0 bridgehead atoms. The van der Waals surface area contributed by atoms with E-state index in [9.17, 15) is 9.18 Å². The van der Waals surface area contributed by atoms with Crippen molar-refractivity contribution in [3.05, 3.63) is 50.9 Å². The van der Waals surface area contributed by atoms with Gasteiger partial charge in [-0.15, -0.1) is 11.3 Å². The molecule has 94 valence electrons. The van der Waals surface area contributed by atoms with Crippen LogP contribution in [0.15, 0.2) is 30.3 Å². The molecule has 0 N–H and O–H groups in total. The second-order valence-electron chi connectivity index (χ2n) is 3.73. The van der Waals surface area contributed by atoms with Crippen LogP contribution in [0.1, 0.15) is 15.2 Å². The van der Waals surface area contributed by atoms with Crippen molar-refractivity contribution < 1.29 is 13.9 Å². The summed E-state index contributed by atoms with van der Waals surface area (Å²) < 4.78 is 18.9. The lowest BCUT2D eigenvalue weighted by Gasteiger charge is -2.05. The zero-order valence-electron chi connectivity index (χ0n) is 9.57. The molecule has 0 saturated heterocycles. The number of hydrogen-bond donors (Lipinski definition) is 0. The minimum absolute atomic E-state index is 0.0814. The zero-order chi connectivity index (χ0) is 13.1. The number of carbonyl (C=O) groups is 1. The maximum Gasteiger partial charge on any atom is 0.210 e. The fourth-order valence-corrected chi connectivity index (χ4v) is 2.36. The molecule has 2 nitrogen and oxygen atoms in total. The van der Waals surface area contributed by atoms with E-state index in [1.165, 1.54) is 23.5 Å². The molecule has 18 heavy (non-hydrogen) atoms. The Morgan fingerprint density at radius 1 is 1.39 bits per heavy atom. The Kier molecular flexibility index (Phi) is 3.99. The molecule has 2 rings (SSSR count). The van der Waals surface area contributed by atoms with Gasteiger partial charge in [0, 0.05) is 0 Å². The van der Waals surface area contributed by atoms with E-state index < -0.39 is 0 Å². The summed E-state index contributed by atoms with van der Waals surface area (Å²) in [5, 5.41) is 0. The fourth-order valence-electron chi connectivity index (χ4n) is 1.39. The Labute approximate surface area is 113 Å². The lowest BCUT2D eigenvalue weighted by Crippen LogP contribution is -2.10. The van der Waals surface area contributed by atoms with Crippen LogP contribution in [0.25, 0.3) is 0 Å². The molecule has 0 saturated carbocycles. The van der Waals surface area contributed by atoms with Crippen LogP contribution < -0.4 is 4.74 Å². The molecular formula is C13H10ClFO2S. The van der Waals surface area contributed by atoms with E-state index >= 15 is 0 Å². The van der Waals surface area contributed by atoms with Crippen LogP contribution in [-0.4, -0.2) is 12.4 Å². The van der Waals surface area contributed by atoms with Crippen molar-refractivity contribution in [2.24, 2.45) is 0 Å². The first-order chi connectivity index (χ1) is 8.56. The van der Waals surface area contributed by atoms with Gasteiger partial charge in [-0.2, -0.15) is 0 Å². The third kappa shape index (κ3) is 3.09. The topological polar surface area (TPSA) is 26.3 Å². The summed E-state index contributed by atoms with van der Waals surface area (Å²) in [5.74, 6) is 0.0393. The van der Waals surface area contributed by atoms with Crippen LogP contribution in [0.4, 0.5) is 4.39 Å². The number of aryl methyl sites for hydroxylation is 1. The largest absolute Gasteiger partial charge is 0.485 e. The van der Waals surface area contributed by atoms with E-state index in [1.807, 2.05) is 0 Å². The van der Waals surface area contributed by atoms with Crippen molar-refractivity contribution in [3.8, 4) is 5.75 Å². The zero-order valence-corrected chi connectivity index (χ0v) is 11.1. The van der Waals surface area contributed by atoms with Crippen molar-refractivity contribution in [1.29, 1.82) is 0 Å². The lowest BCUT2D eigenvalue weighted by molar-refractivity contribution is 0.0925. The molecular weight excluding hydrogens is 275 g/mol. The number of rotatable bonds is 4. The molecule has 0 aliphatic carbocycles. The van der Waals surface area contributed by atoms with Gasteiger partial charge in [0.15, 0.2) is 6.61 Å². The first-order valence-corrected chi connectivity index (χ1v) is 6.43. The molecule has 0 unspecified atom stereocenters. The van der Waals surface area contributed by atoms with E-state index in [4.69, 9.17) is 16.3 Å². The third-order valence-corrected chi connectivity index (χ3v) is 3.62. The Bertz CT molecular complexity index is 580. The molecule has 1 aromatic heterocycles. The van der Waals surface area contributed by atoms with Crippen LogP contribution in [0.3, 0.4) is 0 Å². The first kappa shape index (κ1) is 13.1. The van der Waals surface area contributed by atoms with Gasteiger partial charge in [0.1, 0.15) is 11.6 Å². The number of Topliss-reactive ketones (excluding diaryl/α,β-unsaturated/α-hetero) is 1. The van der Waals surface area contributed by atoms with Crippen LogP contribution >= 0.6 is 22.9 Å². The number of halogens is 2. The minimum atomic E-state index is -0.293. The molecule has 0 radical (unpaired) electrons. The fraction of sp³-hybridized carbons (Fsp3) is 0.154. The molecule has 0 fully saturated rings. The predicted molar refractivity (Wildman–Crippen MR) is 70.3 cm³/mol. The highest BCUT2D eigenvalue weighted by Gasteiger charge is 2.10. The highest BCUT2D eigenvalue weighted by atomic mass is 35.5. The summed E-state index contributed by atoms with van der Waals surface area (Å²) >= 11 is 6.96. The van der Waals surface area contributed by atoms with Gasteiger partial charge in [-0.25, -0.2) is 4.39 Å². The lowest BCUT2D eigenvalue weighted by atomic mass is 10.2. The third-order valence-electron chi connectivity index (χ3n) is 2.35. The Morgan fingerprint density at radius 3 is 2.78 bits per heavy atom. The van der Waals surface area contributed by atoms with Gasteiger partial charge >= 0.3 is 0 Å². The Morgan fingerprint density at radius 2 is 2.17 bits per heavy atom. The quantitative estimate of drug-likeness (QED) is 0.790. The summed E-state index contributed by atoms with van der Waals surface area (Å²) in [6.45, 7) is 1.56. The predicted octanol–water partition coefficient (Wildman–Crippen LogP) is 4.11. The van der Waals surface area contributed by atoms with E-state index in [0.717, 1.165) is 0 Å². The van der Waals surface area contributed by atoms with Gasteiger partial charge in [0.25, 0.3) is 0 Å². The molecule has 2 aromatic rings. The molecule has 1 heterocycles. The molecule has 0 aliphatic heterocycles. The smallest absolute Gasteiger partial charge is 0.210 e. The molecule has 0 aliphatic rings. The first-order valence-electron chi connectivity index (χ1n) is 5.24. The van der Waals surface area contributed by atoms with E-state index in [-0.39, 0.29) is 18.2 Å². The Balaban J connectivity index is 1.99. The van der Waals surface area contributed by atoms with E-state index in [0.29, 0.717) is 20.5 Å². The normalized spacial score (nSPS) is 10.4. The number of benzene rings is 1. The van der Waals surface area contributed by atoms with Gasteiger partial charge in [-0.05, 0) is 42.8 Å². The maximum atomic E-state index is 13.0. The monoisotopic (exact) mass is 284 g/mol. The molecule has 1 aromatic carbocycles. The summed E-state index contributed by atoms with van der Waals surface area (Å²) in [6.07, 6.45) is 0. The Hall–Kier alpha value is -1.39.